The van der Waals surface area contributed by atoms with Crippen LogP contribution in [0.2, 0.25) is 0 Å². The highest BCUT2D eigenvalue weighted by Gasteiger charge is 2.55. The third kappa shape index (κ3) is 1.67. The molecule has 2 heteroatoms. The van der Waals surface area contributed by atoms with Crippen LogP contribution < -0.4 is 0 Å². The lowest BCUT2D eigenvalue weighted by molar-refractivity contribution is -0.181. The smallest absolute Gasteiger partial charge is 0.0836 e. The highest BCUT2D eigenvalue weighted by atomic mass is 16.3. The third-order valence-corrected chi connectivity index (χ3v) is 4.77. The van der Waals surface area contributed by atoms with Crippen LogP contribution >= 0.6 is 0 Å². The Morgan fingerprint density at radius 1 is 1.12 bits per heavy atom. The number of rotatable bonds is 1. The van der Waals surface area contributed by atoms with Crippen molar-refractivity contribution < 1.29 is 10.2 Å². The molecule has 0 aromatic carbocycles. The largest absolute Gasteiger partial charge is 0.392 e. The highest BCUT2D eigenvalue weighted by Crippen LogP contribution is 2.54. The minimum atomic E-state index is -0.820. The molecule has 0 amide bonds. The maximum absolute atomic E-state index is 10.8. The monoisotopic (exact) mass is 222 g/mol. The minimum Gasteiger partial charge on any atom is -0.392 e. The predicted octanol–water partition coefficient (Wildman–Crippen LogP) is 2.24. The van der Waals surface area contributed by atoms with Crippen LogP contribution in [0.5, 0.6) is 0 Å². The first-order chi connectivity index (χ1) is 7.65. The van der Waals surface area contributed by atoms with Gasteiger partial charge >= 0.3 is 0 Å². The molecular weight excluding hydrogens is 200 g/mol. The molecule has 16 heavy (non-hydrogen) atoms. The Labute approximate surface area is 98.1 Å². The molecule has 2 aliphatic rings. The van der Waals surface area contributed by atoms with E-state index >= 15 is 0 Å². The molecule has 0 bridgehead atoms. The Morgan fingerprint density at radius 2 is 1.75 bits per heavy atom. The van der Waals surface area contributed by atoms with Gasteiger partial charge in [0.1, 0.15) is 0 Å². The Bertz CT molecular complexity index is 288. The summed E-state index contributed by atoms with van der Waals surface area (Å²) < 4.78 is 0. The van der Waals surface area contributed by atoms with E-state index in [1.807, 2.05) is 0 Å². The van der Waals surface area contributed by atoms with Gasteiger partial charge in [-0.25, -0.2) is 0 Å². The SMILES string of the molecule is C#CCC1(O)CCCC[C@]12CCCC[C@@H]2O. The summed E-state index contributed by atoms with van der Waals surface area (Å²) in [5.41, 5.74) is -1.13. The average molecular weight is 222 g/mol. The Hall–Kier alpha value is -0.520. The lowest BCUT2D eigenvalue weighted by atomic mass is 9.54. The molecule has 2 aliphatic carbocycles. The van der Waals surface area contributed by atoms with E-state index in [1.54, 1.807) is 0 Å². The van der Waals surface area contributed by atoms with E-state index in [4.69, 9.17) is 6.42 Å². The summed E-state index contributed by atoms with van der Waals surface area (Å²) in [6, 6.07) is 0. The summed E-state index contributed by atoms with van der Waals surface area (Å²) >= 11 is 0. The predicted molar refractivity (Wildman–Crippen MR) is 63.8 cm³/mol. The molecule has 0 radical (unpaired) electrons. The fraction of sp³-hybridized carbons (Fsp3) is 0.857. The van der Waals surface area contributed by atoms with E-state index in [9.17, 15) is 10.2 Å². The van der Waals surface area contributed by atoms with Gasteiger partial charge in [-0.15, -0.1) is 12.3 Å². The van der Waals surface area contributed by atoms with E-state index in [0.29, 0.717) is 6.42 Å². The van der Waals surface area contributed by atoms with Crippen LogP contribution in [0.1, 0.15) is 57.8 Å². The first kappa shape index (κ1) is 12.0. The summed E-state index contributed by atoms with van der Waals surface area (Å²) in [6.07, 6.45) is 13.2. The number of aliphatic hydroxyl groups is 2. The van der Waals surface area contributed by atoms with Gasteiger partial charge < -0.3 is 10.2 Å². The zero-order valence-corrected chi connectivity index (χ0v) is 9.91. The zero-order valence-electron chi connectivity index (χ0n) is 9.91. The summed E-state index contributed by atoms with van der Waals surface area (Å²) in [5.74, 6) is 2.61. The van der Waals surface area contributed by atoms with Crippen molar-refractivity contribution in [3.8, 4) is 12.3 Å². The summed E-state index contributed by atoms with van der Waals surface area (Å²) in [5, 5.41) is 21.1. The van der Waals surface area contributed by atoms with Gasteiger partial charge in [0.05, 0.1) is 11.7 Å². The van der Waals surface area contributed by atoms with Crippen LogP contribution in [-0.2, 0) is 0 Å². The molecule has 2 saturated carbocycles. The molecule has 2 fully saturated rings. The Balaban J connectivity index is 2.29. The van der Waals surface area contributed by atoms with E-state index in [2.05, 4.69) is 5.92 Å². The van der Waals surface area contributed by atoms with Crippen LogP contribution in [0.15, 0.2) is 0 Å². The van der Waals surface area contributed by atoms with E-state index < -0.39 is 5.60 Å². The number of terminal acetylenes is 1. The zero-order chi connectivity index (χ0) is 11.6. The molecular formula is C14H22O2. The first-order valence-corrected chi connectivity index (χ1v) is 6.49. The molecule has 0 saturated heterocycles. The molecule has 1 spiro atoms. The van der Waals surface area contributed by atoms with Gasteiger partial charge in [0.2, 0.25) is 0 Å². The lowest BCUT2D eigenvalue weighted by Gasteiger charge is -2.54. The Morgan fingerprint density at radius 3 is 2.44 bits per heavy atom. The fourth-order valence-corrected chi connectivity index (χ4v) is 3.83. The van der Waals surface area contributed by atoms with Gasteiger partial charge in [-0.05, 0) is 25.7 Å². The summed E-state index contributed by atoms with van der Waals surface area (Å²) in [7, 11) is 0. The molecule has 0 aliphatic heterocycles. The molecule has 3 atom stereocenters. The van der Waals surface area contributed by atoms with Gasteiger partial charge in [-0.3, -0.25) is 0 Å². The minimum absolute atomic E-state index is 0.310. The molecule has 2 rings (SSSR count). The summed E-state index contributed by atoms with van der Waals surface area (Å²) in [4.78, 5) is 0. The number of hydrogen-bond acceptors (Lipinski definition) is 2. The van der Waals surface area contributed by atoms with Crippen molar-refractivity contribution in [3.05, 3.63) is 0 Å². The van der Waals surface area contributed by atoms with Gasteiger partial charge in [0, 0.05) is 11.8 Å². The molecule has 2 nitrogen and oxygen atoms in total. The van der Waals surface area contributed by atoms with Crippen LogP contribution in [0, 0.1) is 17.8 Å². The van der Waals surface area contributed by atoms with Crippen LogP contribution in [0.25, 0.3) is 0 Å². The standard InChI is InChI=1S/C14H22O2/c1-2-8-14(16)11-6-5-10-13(14)9-4-3-7-12(13)15/h1,12,15-16H,3-11H2/t12-,13-,14?/m0/s1. The maximum Gasteiger partial charge on any atom is 0.0836 e. The lowest BCUT2D eigenvalue weighted by Crippen LogP contribution is -2.58. The number of aliphatic hydroxyl groups excluding tert-OH is 1. The first-order valence-electron chi connectivity index (χ1n) is 6.49. The second kappa shape index (κ2) is 4.39. The molecule has 2 N–H and O–H groups in total. The second-order valence-electron chi connectivity index (χ2n) is 5.54. The molecule has 0 aromatic rings. The van der Waals surface area contributed by atoms with Crippen molar-refractivity contribution in [2.24, 2.45) is 5.41 Å². The van der Waals surface area contributed by atoms with Crippen molar-refractivity contribution in [3.63, 3.8) is 0 Å². The second-order valence-corrected chi connectivity index (χ2v) is 5.54. The molecule has 1 unspecified atom stereocenters. The van der Waals surface area contributed by atoms with Crippen molar-refractivity contribution in [1.29, 1.82) is 0 Å². The van der Waals surface area contributed by atoms with Crippen molar-refractivity contribution >= 4 is 0 Å². The highest BCUT2D eigenvalue weighted by molar-refractivity contribution is 5.11. The van der Waals surface area contributed by atoms with Crippen molar-refractivity contribution in [2.45, 2.75) is 69.5 Å². The maximum atomic E-state index is 10.8. The topological polar surface area (TPSA) is 40.5 Å². The fourth-order valence-electron chi connectivity index (χ4n) is 3.83. The molecule has 0 heterocycles. The molecule has 0 aromatic heterocycles. The summed E-state index contributed by atoms with van der Waals surface area (Å²) in [6.45, 7) is 0. The van der Waals surface area contributed by atoms with Crippen molar-refractivity contribution in [2.75, 3.05) is 0 Å². The third-order valence-electron chi connectivity index (χ3n) is 4.77. The molecule has 90 valence electrons. The van der Waals surface area contributed by atoms with Gasteiger partial charge in [-0.1, -0.05) is 25.7 Å². The van der Waals surface area contributed by atoms with Crippen LogP contribution in [0.4, 0.5) is 0 Å². The van der Waals surface area contributed by atoms with E-state index in [0.717, 1.165) is 51.4 Å². The van der Waals surface area contributed by atoms with Gasteiger partial charge in [0.25, 0.3) is 0 Å². The van der Waals surface area contributed by atoms with Crippen molar-refractivity contribution in [1.82, 2.24) is 0 Å². The number of hydrogen-bond donors (Lipinski definition) is 2. The normalized spacial score (nSPS) is 44.2. The Kier molecular flexibility index (Phi) is 3.28. The van der Waals surface area contributed by atoms with E-state index in [-0.39, 0.29) is 11.5 Å². The van der Waals surface area contributed by atoms with Gasteiger partial charge in [0.15, 0.2) is 0 Å². The van der Waals surface area contributed by atoms with Crippen LogP contribution in [0.3, 0.4) is 0 Å². The van der Waals surface area contributed by atoms with Gasteiger partial charge in [-0.2, -0.15) is 0 Å². The average Bonchev–Trinajstić information content (AvgIpc) is 2.26. The quantitative estimate of drug-likeness (QED) is 0.668. The van der Waals surface area contributed by atoms with Crippen LogP contribution in [-0.4, -0.2) is 21.9 Å². The van der Waals surface area contributed by atoms with E-state index in [1.165, 1.54) is 0 Å².